The van der Waals surface area contributed by atoms with Gasteiger partial charge in [0.2, 0.25) is 0 Å². The lowest BCUT2D eigenvalue weighted by atomic mass is 10.2. The second kappa shape index (κ2) is 4.69. The standard InChI is InChI=1S/C13H14N6O/c1-19-10-5-3-2-4-9(10)11(18-19)13(20)15-6-8-7-16-17-12(8)14/h2-5,7H,6H2,1H3,(H,15,20)(H3,14,16,17). The number of benzene rings is 1. The third-order valence-corrected chi connectivity index (χ3v) is 3.16. The van der Waals surface area contributed by atoms with Crippen molar-refractivity contribution in [1.82, 2.24) is 25.3 Å². The molecule has 0 aliphatic rings. The predicted octanol–water partition coefficient (Wildman–Crippen LogP) is 0.809. The van der Waals surface area contributed by atoms with Crippen LogP contribution in [0.5, 0.6) is 0 Å². The molecule has 3 aromatic rings. The van der Waals surface area contributed by atoms with Gasteiger partial charge in [-0.3, -0.25) is 14.6 Å². The van der Waals surface area contributed by atoms with Crippen LogP contribution in [0.25, 0.3) is 10.9 Å². The van der Waals surface area contributed by atoms with E-state index in [1.165, 1.54) is 0 Å². The summed E-state index contributed by atoms with van der Waals surface area (Å²) in [6.07, 6.45) is 1.59. The van der Waals surface area contributed by atoms with Crippen LogP contribution in [0, 0.1) is 0 Å². The molecule has 0 saturated carbocycles. The maximum absolute atomic E-state index is 12.2. The van der Waals surface area contributed by atoms with Crippen LogP contribution >= 0.6 is 0 Å². The molecule has 7 nitrogen and oxygen atoms in total. The number of nitrogens with one attached hydrogen (secondary N) is 2. The minimum atomic E-state index is -0.234. The number of aromatic nitrogens is 4. The highest BCUT2D eigenvalue weighted by molar-refractivity contribution is 6.04. The second-order valence-electron chi connectivity index (χ2n) is 4.48. The van der Waals surface area contributed by atoms with Crippen LogP contribution in [0.2, 0.25) is 0 Å². The summed E-state index contributed by atoms with van der Waals surface area (Å²) in [5.74, 6) is 0.221. The number of H-pyrrole nitrogens is 1. The van der Waals surface area contributed by atoms with Crippen LogP contribution in [0.3, 0.4) is 0 Å². The Hall–Kier alpha value is -2.83. The summed E-state index contributed by atoms with van der Waals surface area (Å²) in [6.45, 7) is 0.312. The number of nitrogens with two attached hydrogens (primary N) is 1. The zero-order valence-corrected chi connectivity index (χ0v) is 10.9. The molecule has 4 N–H and O–H groups in total. The normalized spacial score (nSPS) is 10.8. The number of hydrogen-bond donors (Lipinski definition) is 3. The van der Waals surface area contributed by atoms with Crippen LogP contribution in [0.15, 0.2) is 30.5 Å². The van der Waals surface area contributed by atoms with E-state index in [1.54, 1.807) is 10.9 Å². The first-order chi connectivity index (χ1) is 9.66. The molecule has 0 atom stereocenters. The smallest absolute Gasteiger partial charge is 0.272 e. The number of anilines is 1. The Morgan fingerprint density at radius 3 is 3.00 bits per heavy atom. The van der Waals surface area contributed by atoms with Gasteiger partial charge in [0.05, 0.1) is 11.7 Å². The number of nitrogen functional groups attached to an aromatic ring is 1. The zero-order valence-electron chi connectivity index (χ0n) is 10.9. The van der Waals surface area contributed by atoms with Crippen molar-refractivity contribution in [3.8, 4) is 0 Å². The zero-order chi connectivity index (χ0) is 14.1. The van der Waals surface area contributed by atoms with E-state index >= 15 is 0 Å². The van der Waals surface area contributed by atoms with Gasteiger partial charge in [-0.2, -0.15) is 10.2 Å². The van der Waals surface area contributed by atoms with Gasteiger partial charge >= 0.3 is 0 Å². The average Bonchev–Trinajstić information content (AvgIpc) is 3.01. The summed E-state index contributed by atoms with van der Waals surface area (Å²) in [6, 6.07) is 7.60. The van der Waals surface area contributed by atoms with Gasteiger partial charge in [0, 0.05) is 24.5 Å². The fraction of sp³-hybridized carbons (Fsp3) is 0.154. The maximum atomic E-state index is 12.2. The first-order valence-corrected chi connectivity index (χ1v) is 6.14. The van der Waals surface area contributed by atoms with Crippen LogP contribution in [0.1, 0.15) is 16.1 Å². The molecule has 102 valence electrons. The van der Waals surface area contributed by atoms with Gasteiger partial charge in [0.1, 0.15) is 5.82 Å². The number of aromatic amines is 1. The van der Waals surface area contributed by atoms with Gasteiger partial charge in [-0.25, -0.2) is 0 Å². The van der Waals surface area contributed by atoms with E-state index in [2.05, 4.69) is 20.6 Å². The molecule has 0 unspecified atom stereocenters. The molecular formula is C13H14N6O. The molecule has 0 radical (unpaired) electrons. The number of para-hydroxylation sites is 1. The van der Waals surface area contributed by atoms with Crippen molar-refractivity contribution in [2.24, 2.45) is 7.05 Å². The number of carbonyl (C=O) groups is 1. The minimum Gasteiger partial charge on any atom is -0.384 e. The molecule has 0 spiro atoms. The number of aryl methyl sites for hydroxylation is 1. The summed E-state index contributed by atoms with van der Waals surface area (Å²) in [7, 11) is 1.81. The molecule has 2 aromatic heterocycles. The minimum absolute atomic E-state index is 0.234. The van der Waals surface area contributed by atoms with E-state index in [0.717, 1.165) is 16.5 Å². The lowest BCUT2D eigenvalue weighted by molar-refractivity contribution is 0.0947. The molecule has 0 aliphatic carbocycles. The van der Waals surface area contributed by atoms with E-state index in [-0.39, 0.29) is 5.91 Å². The second-order valence-corrected chi connectivity index (χ2v) is 4.48. The predicted molar refractivity (Wildman–Crippen MR) is 74.9 cm³/mol. The Morgan fingerprint density at radius 2 is 2.25 bits per heavy atom. The summed E-state index contributed by atoms with van der Waals surface area (Å²) >= 11 is 0. The monoisotopic (exact) mass is 270 g/mol. The quantitative estimate of drug-likeness (QED) is 0.655. The van der Waals surface area contributed by atoms with Crippen LogP contribution < -0.4 is 11.1 Å². The van der Waals surface area contributed by atoms with Crippen molar-refractivity contribution in [2.75, 3.05) is 5.73 Å². The first kappa shape index (κ1) is 12.2. The van der Waals surface area contributed by atoms with Crippen molar-refractivity contribution < 1.29 is 4.79 Å². The van der Waals surface area contributed by atoms with E-state index in [0.29, 0.717) is 18.1 Å². The van der Waals surface area contributed by atoms with E-state index < -0.39 is 0 Å². The molecule has 2 heterocycles. The fourth-order valence-corrected chi connectivity index (χ4v) is 2.10. The molecule has 0 saturated heterocycles. The molecule has 0 fully saturated rings. The lowest BCUT2D eigenvalue weighted by Crippen LogP contribution is -2.23. The molecule has 7 heteroatoms. The van der Waals surface area contributed by atoms with Crippen LogP contribution in [-0.2, 0) is 13.6 Å². The third kappa shape index (κ3) is 1.99. The van der Waals surface area contributed by atoms with Gasteiger partial charge < -0.3 is 11.1 Å². The summed E-state index contributed by atoms with van der Waals surface area (Å²) in [4.78, 5) is 12.2. The van der Waals surface area contributed by atoms with Crippen molar-refractivity contribution in [2.45, 2.75) is 6.54 Å². The summed E-state index contributed by atoms with van der Waals surface area (Å²) < 4.78 is 1.69. The van der Waals surface area contributed by atoms with Crippen LogP contribution in [-0.4, -0.2) is 25.9 Å². The van der Waals surface area contributed by atoms with Gasteiger partial charge in [-0.05, 0) is 6.07 Å². The summed E-state index contributed by atoms with van der Waals surface area (Å²) in [5.41, 5.74) is 7.74. The van der Waals surface area contributed by atoms with Gasteiger partial charge in [0.15, 0.2) is 5.69 Å². The Kier molecular flexibility index (Phi) is 2.86. The first-order valence-electron chi connectivity index (χ1n) is 6.14. The number of amides is 1. The van der Waals surface area contributed by atoms with E-state index in [9.17, 15) is 4.79 Å². The fourth-order valence-electron chi connectivity index (χ4n) is 2.10. The highest BCUT2D eigenvalue weighted by atomic mass is 16.1. The third-order valence-electron chi connectivity index (χ3n) is 3.16. The van der Waals surface area contributed by atoms with Gasteiger partial charge in [0.25, 0.3) is 5.91 Å². The average molecular weight is 270 g/mol. The van der Waals surface area contributed by atoms with Crippen molar-refractivity contribution in [3.63, 3.8) is 0 Å². The Morgan fingerprint density at radius 1 is 1.45 bits per heavy atom. The SMILES string of the molecule is Cn1nc(C(=O)NCc2cn[nH]c2N)c2ccccc21. The number of fused-ring (bicyclic) bond motifs is 1. The molecule has 1 amide bonds. The Balaban J connectivity index is 1.84. The molecule has 0 bridgehead atoms. The molecule has 1 aromatic carbocycles. The van der Waals surface area contributed by atoms with Crippen molar-refractivity contribution >= 4 is 22.6 Å². The highest BCUT2D eigenvalue weighted by Gasteiger charge is 2.15. The van der Waals surface area contributed by atoms with Crippen LogP contribution in [0.4, 0.5) is 5.82 Å². The Labute approximate surface area is 114 Å². The highest BCUT2D eigenvalue weighted by Crippen LogP contribution is 2.17. The number of carbonyl (C=O) groups excluding carboxylic acids is 1. The molecule has 20 heavy (non-hydrogen) atoms. The largest absolute Gasteiger partial charge is 0.384 e. The topological polar surface area (TPSA) is 102 Å². The van der Waals surface area contributed by atoms with Crippen molar-refractivity contribution in [3.05, 3.63) is 41.7 Å². The number of rotatable bonds is 3. The van der Waals surface area contributed by atoms with Gasteiger partial charge in [-0.1, -0.05) is 18.2 Å². The number of hydrogen-bond acceptors (Lipinski definition) is 4. The molecular weight excluding hydrogens is 256 g/mol. The van der Waals surface area contributed by atoms with E-state index in [4.69, 9.17) is 5.73 Å². The summed E-state index contributed by atoms with van der Waals surface area (Å²) in [5, 5.41) is 14.3. The maximum Gasteiger partial charge on any atom is 0.272 e. The van der Waals surface area contributed by atoms with Gasteiger partial charge in [-0.15, -0.1) is 0 Å². The molecule has 0 aliphatic heterocycles. The van der Waals surface area contributed by atoms with E-state index in [1.807, 2.05) is 31.3 Å². The van der Waals surface area contributed by atoms with Crippen molar-refractivity contribution in [1.29, 1.82) is 0 Å². The molecule has 3 rings (SSSR count). The lowest BCUT2D eigenvalue weighted by Gasteiger charge is -2.02. The number of nitrogens with zero attached hydrogens (tertiary/aromatic N) is 3. The Bertz CT molecular complexity index is 772.